The van der Waals surface area contributed by atoms with Gasteiger partial charge in [0.15, 0.2) is 11.5 Å². The third kappa shape index (κ3) is 3.83. The summed E-state index contributed by atoms with van der Waals surface area (Å²) in [6.07, 6.45) is 0. The maximum absolute atomic E-state index is 12.2. The second-order valence-corrected chi connectivity index (χ2v) is 6.08. The maximum Gasteiger partial charge on any atom is 0.251 e. The first-order chi connectivity index (χ1) is 12.2. The van der Waals surface area contributed by atoms with Gasteiger partial charge in [0.2, 0.25) is 0 Å². The van der Waals surface area contributed by atoms with Gasteiger partial charge in [-0.05, 0) is 41.9 Å². The number of hydrogen-bond donors (Lipinski definition) is 2. The molecule has 0 spiro atoms. The van der Waals surface area contributed by atoms with Gasteiger partial charge in [-0.25, -0.2) is 0 Å². The van der Waals surface area contributed by atoms with Gasteiger partial charge in [-0.15, -0.1) is 0 Å². The number of benzene rings is 2. The number of carbonyl (C=O) groups excluding carboxylic acids is 1. The molecule has 0 radical (unpaired) electrons. The molecular formula is C18H19N3O3S. The highest BCUT2D eigenvalue weighted by Crippen LogP contribution is 2.27. The van der Waals surface area contributed by atoms with E-state index in [1.54, 1.807) is 32.4 Å². The Morgan fingerprint density at radius 2 is 1.88 bits per heavy atom. The van der Waals surface area contributed by atoms with E-state index in [2.05, 4.69) is 15.0 Å². The second-order valence-electron chi connectivity index (χ2n) is 5.28. The molecule has 0 unspecified atom stereocenters. The Kier molecular flexibility index (Phi) is 5.35. The number of nitrogens with zero attached hydrogens (tertiary/aromatic N) is 1. The molecule has 2 aromatic carbocycles. The van der Waals surface area contributed by atoms with Gasteiger partial charge in [-0.1, -0.05) is 12.1 Å². The first-order valence-electron chi connectivity index (χ1n) is 7.81. The molecule has 0 aliphatic carbocycles. The van der Waals surface area contributed by atoms with Crippen LogP contribution in [0.1, 0.15) is 10.4 Å². The SMILES string of the molecule is COc1ccc(C(=O)NCCNc2nsc3ccccc23)cc1OC. The van der Waals surface area contributed by atoms with Crippen molar-refractivity contribution in [3.05, 3.63) is 48.0 Å². The minimum Gasteiger partial charge on any atom is -0.493 e. The van der Waals surface area contributed by atoms with Crippen LogP contribution in [0.4, 0.5) is 5.82 Å². The molecule has 0 atom stereocenters. The van der Waals surface area contributed by atoms with E-state index >= 15 is 0 Å². The molecule has 6 nitrogen and oxygen atoms in total. The molecule has 1 heterocycles. The number of hydrogen-bond acceptors (Lipinski definition) is 6. The summed E-state index contributed by atoms with van der Waals surface area (Å²) in [5, 5.41) is 7.23. The molecule has 0 aliphatic heterocycles. The zero-order chi connectivity index (χ0) is 17.6. The van der Waals surface area contributed by atoms with Crippen LogP contribution in [0, 0.1) is 0 Å². The minimum absolute atomic E-state index is 0.161. The number of methoxy groups -OCH3 is 2. The summed E-state index contributed by atoms with van der Waals surface area (Å²) < 4.78 is 15.9. The molecule has 0 saturated carbocycles. The predicted molar refractivity (Wildman–Crippen MR) is 100.0 cm³/mol. The van der Waals surface area contributed by atoms with E-state index in [0.717, 1.165) is 15.9 Å². The molecule has 130 valence electrons. The average Bonchev–Trinajstić information content (AvgIpc) is 3.07. The van der Waals surface area contributed by atoms with Crippen LogP contribution in [-0.2, 0) is 0 Å². The fraction of sp³-hybridized carbons (Fsp3) is 0.222. The summed E-state index contributed by atoms with van der Waals surface area (Å²) in [4.78, 5) is 12.2. The van der Waals surface area contributed by atoms with E-state index in [-0.39, 0.29) is 5.91 Å². The lowest BCUT2D eigenvalue weighted by Crippen LogP contribution is -2.28. The summed E-state index contributed by atoms with van der Waals surface area (Å²) in [5.74, 6) is 1.81. The Balaban J connectivity index is 1.54. The van der Waals surface area contributed by atoms with Gasteiger partial charge in [0.05, 0.1) is 18.9 Å². The van der Waals surface area contributed by atoms with Crippen molar-refractivity contribution < 1.29 is 14.3 Å². The normalized spacial score (nSPS) is 10.5. The highest BCUT2D eigenvalue weighted by molar-refractivity contribution is 7.13. The molecule has 0 saturated heterocycles. The molecule has 3 rings (SSSR count). The molecule has 3 aromatic rings. The average molecular weight is 357 g/mol. The van der Waals surface area contributed by atoms with Gasteiger partial charge >= 0.3 is 0 Å². The molecule has 1 amide bonds. The largest absolute Gasteiger partial charge is 0.493 e. The van der Waals surface area contributed by atoms with Crippen LogP contribution in [0.15, 0.2) is 42.5 Å². The zero-order valence-electron chi connectivity index (χ0n) is 14.0. The van der Waals surface area contributed by atoms with Crippen molar-refractivity contribution in [1.82, 2.24) is 9.69 Å². The molecule has 25 heavy (non-hydrogen) atoms. The molecule has 0 fully saturated rings. The van der Waals surface area contributed by atoms with E-state index in [9.17, 15) is 4.79 Å². The number of aromatic nitrogens is 1. The van der Waals surface area contributed by atoms with E-state index < -0.39 is 0 Å². The number of fused-ring (bicyclic) bond motifs is 1. The number of rotatable bonds is 7. The Morgan fingerprint density at radius 1 is 1.08 bits per heavy atom. The van der Waals surface area contributed by atoms with E-state index in [1.165, 1.54) is 11.5 Å². The number of ether oxygens (including phenoxy) is 2. The minimum atomic E-state index is -0.161. The van der Waals surface area contributed by atoms with Gasteiger partial charge in [0, 0.05) is 24.0 Å². The predicted octanol–water partition coefficient (Wildman–Crippen LogP) is 3.16. The van der Waals surface area contributed by atoms with Crippen LogP contribution in [0.25, 0.3) is 10.1 Å². The third-order valence-electron chi connectivity index (χ3n) is 3.73. The van der Waals surface area contributed by atoms with Crippen LogP contribution in [-0.4, -0.2) is 37.6 Å². The number of anilines is 1. The Morgan fingerprint density at radius 3 is 2.68 bits per heavy atom. The summed E-state index contributed by atoms with van der Waals surface area (Å²) in [7, 11) is 3.10. The Labute approximate surface area is 149 Å². The molecule has 7 heteroatoms. The quantitative estimate of drug-likeness (QED) is 0.636. The van der Waals surface area contributed by atoms with Crippen LogP contribution in [0.5, 0.6) is 11.5 Å². The first-order valence-corrected chi connectivity index (χ1v) is 8.59. The standard InChI is InChI=1S/C18H19N3O3S/c1-23-14-8-7-12(11-15(14)24-2)18(22)20-10-9-19-17-13-5-3-4-6-16(13)25-21-17/h3-8,11H,9-10H2,1-2H3,(H,19,21)(H,20,22). The number of nitrogens with one attached hydrogen (secondary N) is 2. The van der Waals surface area contributed by atoms with Crippen molar-refractivity contribution in [2.75, 3.05) is 32.6 Å². The first kappa shape index (κ1) is 17.0. The number of amides is 1. The van der Waals surface area contributed by atoms with Crippen LogP contribution in [0.3, 0.4) is 0 Å². The number of carbonyl (C=O) groups is 1. The van der Waals surface area contributed by atoms with E-state index in [4.69, 9.17) is 9.47 Å². The Bertz CT molecular complexity index is 879. The van der Waals surface area contributed by atoms with Gasteiger partial charge in [-0.3, -0.25) is 4.79 Å². The monoisotopic (exact) mass is 357 g/mol. The molecule has 0 aliphatic rings. The van der Waals surface area contributed by atoms with Crippen LogP contribution < -0.4 is 20.1 Å². The maximum atomic E-state index is 12.2. The lowest BCUT2D eigenvalue weighted by molar-refractivity contribution is 0.0955. The van der Waals surface area contributed by atoms with Crippen molar-refractivity contribution in [2.45, 2.75) is 0 Å². The third-order valence-corrected chi connectivity index (χ3v) is 4.55. The summed E-state index contributed by atoms with van der Waals surface area (Å²) in [6, 6.07) is 13.1. The summed E-state index contributed by atoms with van der Waals surface area (Å²) in [5.41, 5.74) is 0.525. The fourth-order valence-corrected chi connectivity index (χ4v) is 3.20. The lowest BCUT2D eigenvalue weighted by atomic mass is 10.2. The van der Waals surface area contributed by atoms with Gasteiger partial charge in [0.1, 0.15) is 5.82 Å². The molecular weight excluding hydrogens is 338 g/mol. The van der Waals surface area contributed by atoms with Crippen LogP contribution >= 0.6 is 11.5 Å². The summed E-state index contributed by atoms with van der Waals surface area (Å²) in [6.45, 7) is 1.08. The zero-order valence-corrected chi connectivity index (χ0v) is 14.9. The lowest BCUT2D eigenvalue weighted by Gasteiger charge is -2.10. The van der Waals surface area contributed by atoms with Gasteiger partial charge in [0.25, 0.3) is 5.91 Å². The Hall–Kier alpha value is -2.80. The smallest absolute Gasteiger partial charge is 0.251 e. The van der Waals surface area contributed by atoms with Crippen molar-refractivity contribution >= 4 is 33.3 Å². The van der Waals surface area contributed by atoms with E-state index in [0.29, 0.717) is 30.2 Å². The van der Waals surface area contributed by atoms with Gasteiger partial charge < -0.3 is 20.1 Å². The highest BCUT2D eigenvalue weighted by atomic mass is 32.1. The topological polar surface area (TPSA) is 72.5 Å². The second kappa shape index (κ2) is 7.85. The molecule has 0 bridgehead atoms. The molecule has 2 N–H and O–H groups in total. The van der Waals surface area contributed by atoms with Crippen molar-refractivity contribution in [3.8, 4) is 11.5 Å². The van der Waals surface area contributed by atoms with Gasteiger partial charge in [-0.2, -0.15) is 4.37 Å². The van der Waals surface area contributed by atoms with Crippen LogP contribution in [0.2, 0.25) is 0 Å². The highest BCUT2D eigenvalue weighted by Gasteiger charge is 2.10. The van der Waals surface area contributed by atoms with Crippen molar-refractivity contribution in [3.63, 3.8) is 0 Å². The summed E-state index contributed by atoms with van der Waals surface area (Å²) >= 11 is 1.46. The molecule has 1 aromatic heterocycles. The fourth-order valence-electron chi connectivity index (χ4n) is 2.45. The van der Waals surface area contributed by atoms with Crippen molar-refractivity contribution in [2.24, 2.45) is 0 Å². The van der Waals surface area contributed by atoms with Crippen molar-refractivity contribution in [1.29, 1.82) is 0 Å². The van der Waals surface area contributed by atoms with E-state index in [1.807, 2.05) is 24.3 Å².